The summed E-state index contributed by atoms with van der Waals surface area (Å²) in [5.74, 6) is -0.251. The maximum atomic E-state index is 13.3. The Balaban J connectivity index is 1.34. The maximum absolute atomic E-state index is 13.3. The Bertz CT molecular complexity index is 1240. The fraction of sp³-hybridized carbons (Fsp3) is 0.423. The quantitative estimate of drug-likeness (QED) is 0.504. The molecule has 0 bridgehead atoms. The van der Waals surface area contributed by atoms with Gasteiger partial charge in [0, 0.05) is 25.9 Å². The molecule has 0 unspecified atom stereocenters. The van der Waals surface area contributed by atoms with Gasteiger partial charge in [-0.15, -0.1) is 0 Å². The van der Waals surface area contributed by atoms with Crippen molar-refractivity contribution in [2.24, 2.45) is 0 Å². The molecule has 4 amide bonds. The van der Waals surface area contributed by atoms with Gasteiger partial charge in [0.2, 0.25) is 0 Å². The standard InChI is InChI=1S/C26H32N4O6S/c1-36-25(33)27-22(20-6-4-3-5-7-20)12-15-29-16-13-26(14-17-29)23(31)30(24(32)28-26)18-19-8-10-21(11-9-19)37(2,34)35/h3-11,22H,12-18H2,1-2H3,(H,27,33)(H,28,32)/t22-/m0/s1. The Morgan fingerprint density at radius 3 is 2.32 bits per heavy atom. The van der Waals surface area contributed by atoms with Gasteiger partial charge in [-0.3, -0.25) is 9.69 Å². The molecule has 4 rings (SSSR count). The van der Waals surface area contributed by atoms with Crippen LogP contribution in [0.15, 0.2) is 59.5 Å². The molecule has 0 saturated carbocycles. The number of methoxy groups -OCH3 is 1. The normalized spacial score (nSPS) is 18.5. The molecular formula is C26H32N4O6S. The van der Waals surface area contributed by atoms with E-state index in [0.29, 0.717) is 44.5 Å². The number of urea groups is 1. The van der Waals surface area contributed by atoms with Gasteiger partial charge in [0.15, 0.2) is 9.84 Å². The van der Waals surface area contributed by atoms with Crippen LogP contribution < -0.4 is 10.6 Å². The van der Waals surface area contributed by atoms with E-state index in [1.54, 1.807) is 12.1 Å². The van der Waals surface area contributed by atoms with Gasteiger partial charge < -0.3 is 20.3 Å². The molecule has 2 aliphatic heterocycles. The summed E-state index contributed by atoms with van der Waals surface area (Å²) in [6.07, 6.45) is 2.29. The van der Waals surface area contributed by atoms with Crippen LogP contribution in [0.5, 0.6) is 0 Å². The molecule has 2 saturated heterocycles. The van der Waals surface area contributed by atoms with E-state index in [1.165, 1.54) is 24.1 Å². The molecule has 11 heteroatoms. The minimum atomic E-state index is -3.32. The van der Waals surface area contributed by atoms with Crippen LogP contribution in [0.3, 0.4) is 0 Å². The minimum absolute atomic E-state index is 0.0815. The van der Waals surface area contributed by atoms with E-state index in [0.717, 1.165) is 11.8 Å². The lowest BCUT2D eigenvalue weighted by molar-refractivity contribution is -0.133. The van der Waals surface area contributed by atoms with Gasteiger partial charge in [0.25, 0.3) is 5.91 Å². The first-order chi connectivity index (χ1) is 17.6. The van der Waals surface area contributed by atoms with E-state index in [1.807, 2.05) is 30.3 Å². The Hall–Kier alpha value is -3.44. The Morgan fingerprint density at radius 1 is 1.08 bits per heavy atom. The number of piperidine rings is 1. The first-order valence-corrected chi connectivity index (χ1v) is 14.1. The molecule has 2 aromatic rings. The van der Waals surface area contributed by atoms with Crippen molar-refractivity contribution in [3.8, 4) is 0 Å². The summed E-state index contributed by atoms with van der Waals surface area (Å²) in [5.41, 5.74) is 0.735. The van der Waals surface area contributed by atoms with Crippen LogP contribution in [0, 0.1) is 0 Å². The van der Waals surface area contributed by atoms with Crippen molar-refractivity contribution in [3.05, 3.63) is 65.7 Å². The second-order valence-electron chi connectivity index (χ2n) is 9.55. The van der Waals surface area contributed by atoms with Crippen LogP contribution in [-0.2, 0) is 25.9 Å². The molecular weight excluding hydrogens is 496 g/mol. The average molecular weight is 529 g/mol. The van der Waals surface area contributed by atoms with E-state index in [-0.39, 0.29) is 23.4 Å². The first-order valence-electron chi connectivity index (χ1n) is 12.2. The highest BCUT2D eigenvalue weighted by Crippen LogP contribution is 2.31. The van der Waals surface area contributed by atoms with Gasteiger partial charge in [-0.2, -0.15) is 0 Å². The number of alkyl carbamates (subject to hydrolysis) is 1. The zero-order valence-electron chi connectivity index (χ0n) is 21.0. The maximum Gasteiger partial charge on any atom is 0.407 e. The molecule has 198 valence electrons. The number of rotatable bonds is 8. The second kappa shape index (κ2) is 10.9. The molecule has 2 heterocycles. The number of likely N-dealkylation sites (tertiary alicyclic amines) is 1. The van der Waals surface area contributed by atoms with E-state index >= 15 is 0 Å². The SMILES string of the molecule is COC(=O)N[C@@H](CCN1CCC2(CC1)NC(=O)N(Cc1ccc(S(C)(=O)=O)cc1)C2=O)c1ccccc1. The fourth-order valence-electron chi connectivity index (χ4n) is 4.86. The molecule has 1 atom stereocenters. The fourth-order valence-corrected chi connectivity index (χ4v) is 5.49. The van der Waals surface area contributed by atoms with Crippen molar-refractivity contribution in [1.29, 1.82) is 0 Å². The van der Waals surface area contributed by atoms with Crippen molar-refractivity contribution in [1.82, 2.24) is 20.4 Å². The predicted octanol–water partition coefficient (Wildman–Crippen LogP) is 2.46. The highest BCUT2D eigenvalue weighted by molar-refractivity contribution is 7.90. The van der Waals surface area contributed by atoms with E-state index in [4.69, 9.17) is 4.74 Å². The number of amides is 4. The van der Waals surface area contributed by atoms with E-state index in [9.17, 15) is 22.8 Å². The molecule has 1 spiro atoms. The summed E-state index contributed by atoms with van der Waals surface area (Å²) >= 11 is 0. The number of hydrogen-bond donors (Lipinski definition) is 2. The number of hydrogen-bond acceptors (Lipinski definition) is 7. The number of imide groups is 1. The summed E-state index contributed by atoms with van der Waals surface area (Å²) in [7, 11) is -1.99. The predicted molar refractivity (Wildman–Crippen MR) is 136 cm³/mol. The number of nitrogens with one attached hydrogen (secondary N) is 2. The van der Waals surface area contributed by atoms with Gasteiger partial charge >= 0.3 is 12.1 Å². The van der Waals surface area contributed by atoms with Crippen LogP contribution in [0.2, 0.25) is 0 Å². The Morgan fingerprint density at radius 2 is 1.73 bits per heavy atom. The van der Waals surface area contributed by atoms with Gasteiger partial charge in [0.1, 0.15) is 5.54 Å². The van der Waals surface area contributed by atoms with Gasteiger partial charge in [-0.25, -0.2) is 18.0 Å². The number of nitrogens with zero attached hydrogens (tertiary/aromatic N) is 2. The van der Waals surface area contributed by atoms with Crippen LogP contribution in [0.1, 0.15) is 36.4 Å². The molecule has 2 fully saturated rings. The summed E-state index contributed by atoms with van der Waals surface area (Å²) in [6, 6.07) is 15.3. The largest absolute Gasteiger partial charge is 0.453 e. The summed E-state index contributed by atoms with van der Waals surface area (Å²) in [6.45, 7) is 2.04. The first kappa shape index (κ1) is 26.6. The number of carbonyl (C=O) groups excluding carboxylic acids is 3. The molecule has 2 aliphatic rings. The number of carbonyl (C=O) groups is 3. The summed E-state index contributed by atoms with van der Waals surface area (Å²) in [4.78, 5) is 41.5. The van der Waals surface area contributed by atoms with Crippen molar-refractivity contribution < 1.29 is 27.5 Å². The zero-order valence-corrected chi connectivity index (χ0v) is 21.8. The molecule has 0 aliphatic carbocycles. The Kier molecular flexibility index (Phi) is 7.84. The topological polar surface area (TPSA) is 125 Å². The van der Waals surface area contributed by atoms with E-state index < -0.39 is 27.5 Å². The number of ether oxygens (including phenoxy) is 1. The van der Waals surface area contributed by atoms with Crippen LogP contribution >= 0.6 is 0 Å². The van der Waals surface area contributed by atoms with Crippen LogP contribution in [0.25, 0.3) is 0 Å². The van der Waals surface area contributed by atoms with Crippen molar-refractivity contribution in [2.45, 2.75) is 42.3 Å². The third kappa shape index (κ3) is 6.11. The lowest BCUT2D eigenvalue weighted by Crippen LogP contribution is -2.55. The number of sulfone groups is 1. The van der Waals surface area contributed by atoms with Crippen molar-refractivity contribution >= 4 is 27.9 Å². The zero-order chi connectivity index (χ0) is 26.6. The van der Waals surface area contributed by atoms with E-state index in [2.05, 4.69) is 15.5 Å². The monoisotopic (exact) mass is 528 g/mol. The van der Waals surface area contributed by atoms with Crippen LogP contribution in [-0.4, -0.2) is 74.8 Å². The highest BCUT2D eigenvalue weighted by atomic mass is 32.2. The summed E-state index contributed by atoms with van der Waals surface area (Å²) < 4.78 is 28.1. The lowest BCUT2D eigenvalue weighted by Gasteiger charge is -2.37. The smallest absolute Gasteiger partial charge is 0.407 e. The molecule has 2 aromatic carbocycles. The van der Waals surface area contributed by atoms with Gasteiger partial charge in [-0.05, 0) is 42.5 Å². The van der Waals surface area contributed by atoms with Crippen LogP contribution in [0.4, 0.5) is 9.59 Å². The lowest BCUT2D eigenvalue weighted by atomic mass is 9.87. The molecule has 37 heavy (non-hydrogen) atoms. The average Bonchev–Trinajstić information content (AvgIpc) is 3.11. The Labute approximate surface area is 216 Å². The minimum Gasteiger partial charge on any atom is -0.453 e. The van der Waals surface area contributed by atoms with Crippen molar-refractivity contribution in [2.75, 3.05) is 33.0 Å². The second-order valence-corrected chi connectivity index (χ2v) is 11.6. The summed E-state index contributed by atoms with van der Waals surface area (Å²) in [5, 5.41) is 5.80. The molecule has 0 radical (unpaired) electrons. The van der Waals surface area contributed by atoms with Gasteiger partial charge in [-0.1, -0.05) is 42.5 Å². The van der Waals surface area contributed by atoms with Crippen molar-refractivity contribution in [3.63, 3.8) is 0 Å². The highest BCUT2D eigenvalue weighted by Gasteiger charge is 2.52. The third-order valence-electron chi connectivity index (χ3n) is 7.06. The molecule has 10 nitrogen and oxygen atoms in total. The molecule has 0 aromatic heterocycles. The third-order valence-corrected chi connectivity index (χ3v) is 8.19. The molecule has 2 N–H and O–H groups in total. The van der Waals surface area contributed by atoms with Gasteiger partial charge in [0.05, 0.1) is 24.6 Å². The number of benzene rings is 2.